The molecule has 2 rings (SSSR count). The third kappa shape index (κ3) is 3.24. The molecule has 1 heterocycles. The van der Waals surface area contributed by atoms with Crippen LogP contribution in [0.25, 0.3) is 0 Å². The van der Waals surface area contributed by atoms with E-state index in [1.165, 1.54) is 31.4 Å². The van der Waals surface area contributed by atoms with E-state index in [0.717, 1.165) is 0 Å². The number of alkyl halides is 3. The molecular weight excluding hydrogens is 343 g/mol. The fourth-order valence-corrected chi connectivity index (χ4v) is 2.36. The minimum Gasteiger partial charge on any atom is -0.497 e. The van der Waals surface area contributed by atoms with E-state index in [-0.39, 0.29) is 24.3 Å². The van der Waals surface area contributed by atoms with Crippen molar-refractivity contribution < 1.29 is 32.3 Å². The highest BCUT2D eigenvalue weighted by molar-refractivity contribution is 6.24. The minimum atomic E-state index is -5.23. The van der Waals surface area contributed by atoms with Gasteiger partial charge in [-0.3, -0.25) is 14.9 Å². The second-order valence-electron chi connectivity index (χ2n) is 5.32. The van der Waals surface area contributed by atoms with Crippen LogP contribution in [0, 0.1) is 0 Å². The molecule has 0 aliphatic carbocycles. The van der Waals surface area contributed by atoms with Crippen molar-refractivity contribution in [2.45, 2.75) is 31.6 Å². The second-order valence-corrected chi connectivity index (χ2v) is 5.32. The Labute approximate surface area is 141 Å². The third-order valence-electron chi connectivity index (χ3n) is 3.56. The summed E-state index contributed by atoms with van der Waals surface area (Å²) in [5.41, 5.74) is -3.61. The highest BCUT2D eigenvalue weighted by atomic mass is 19.4. The molecule has 1 aromatic carbocycles. The van der Waals surface area contributed by atoms with Gasteiger partial charge < -0.3 is 10.1 Å². The van der Waals surface area contributed by atoms with E-state index in [4.69, 9.17) is 4.74 Å². The average molecular weight is 359 g/mol. The van der Waals surface area contributed by atoms with Gasteiger partial charge in [0.15, 0.2) is 0 Å². The topological polar surface area (TPSA) is 87.7 Å². The SMILES string of the molecule is CCCC(=O)N[C@@]1(C(F)(F)F)NC(=O)N(c2cccc(OC)c2)C1=O. The molecule has 0 unspecified atom stereocenters. The lowest BCUT2D eigenvalue weighted by molar-refractivity contribution is -0.201. The number of ether oxygens (including phenoxy) is 1. The molecule has 1 atom stereocenters. The van der Waals surface area contributed by atoms with Gasteiger partial charge in [-0.15, -0.1) is 0 Å². The lowest BCUT2D eigenvalue weighted by atomic mass is 10.1. The zero-order valence-corrected chi connectivity index (χ0v) is 13.4. The monoisotopic (exact) mass is 359 g/mol. The highest BCUT2D eigenvalue weighted by Crippen LogP contribution is 2.36. The Morgan fingerprint density at radius 3 is 2.60 bits per heavy atom. The number of benzene rings is 1. The number of anilines is 1. The van der Waals surface area contributed by atoms with Crippen LogP contribution in [0.3, 0.4) is 0 Å². The van der Waals surface area contributed by atoms with Crippen LogP contribution in [-0.2, 0) is 9.59 Å². The third-order valence-corrected chi connectivity index (χ3v) is 3.56. The number of nitrogens with one attached hydrogen (secondary N) is 2. The molecule has 1 saturated heterocycles. The predicted octanol–water partition coefficient (Wildman–Crippen LogP) is 1.93. The van der Waals surface area contributed by atoms with Crippen LogP contribution in [0.5, 0.6) is 5.75 Å². The summed E-state index contributed by atoms with van der Waals surface area (Å²) in [5.74, 6) is -2.39. The zero-order valence-electron chi connectivity index (χ0n) is 13.4. The lowest BCUT2D eigenvalue weighted by Crippen LogP contribution is -2.69. The molecule has 1 aromatic rings. The number of nitrogens with zero attached hydrogens (tertiary/aromatic N) is 1. The van der Waals surface area contributed by atoms with Gasteiger partial charge in [0.2, 0.25) is 5.91 Å². The predicted molar refractivity (Wildman–Crippen MR) is 80.8 cm³/mol. The van der Waals surface area contributed by atoms with Gasteiger partial charge in [-0.1, -0.05) is 13.0 Å². The first kappa shape index (κ1) is 18.6. The van der Waals surface area contributed by atoms with E-state index in [1.54, 1.807) is 17.6 Å². The molecule has 136 valence electrons. The van der Waals surface area contributed by atoms with E-state index in [2.05, 4.69) is 0 Å². The van der Waals surface area contributed by atoms with Crippen molar-refractivity contribution in [3.05, 3.63) is 24.3 Å². The second kappa shape index (κ2) is 6.61. The van der Waals surface area contributed by atoms with Crippen molar-refractivity contribution in [3.8, 4) is 5.75 Å². The van der Waals surface area contributed by atoms with Crippen molar-refractivity contribution in [3.63, 3.8) is 0 Å². The van der Waals surface area contributed by atoms with Crippen molar-refractivity contribution in [2.24, 2.45) is 0 Å². The molecule has 10 heteroatoms. The van der Waals surface area contributed by atoms with Crippen LogP contribution in [0.1, 0.15) is 19.8 Å². The molecular formula is C15H16F3N3O4. The number of carbonyl (C=O) groups is 3. The van der Waals surface area contributed by atoms with Gasteiger partial charge in [-0.05, 0) is 18.6 Å². The molecule has 0 saturated carbocycles. The number of carbonyl (C=O) groups excluding carboxylic acids is 3. The highest BCUT2D eigenvalue weighted by Gasteiger charge is 2.69. The van der Waals surface area contributed by atoms with Crippen LogP contribution in [0.15, 0.2) is 24.3 Å². The van der Waals surface area contributed by atoms with Gasteiger partial charge in [-0.2, -0.15) is 13.2 Å². The maximum Gasteiger partial charge on any atom is 0.440 e. The number of hydrogen-bond donors (Lipinski definition) is 2. The quantitative estimate of drug-likeness (QED) is 0.787. The van der Waals surface area contributed by atoms with Crippen LogP contribution < -0.4 is 20.3 Å². The van der Waals surface area contributed by atoms with E-state index in [9.17, 15) is 27.6 Å². The molecule has 25 heavy (non-hydrogen) atoms. The van der Waals surface area contributed by atoms with Gasteiger partial charge in [0.1, 0.15) is 5.75 Å². The van der Waals surface area contributed by atoms with Crippen LogP contribution in [0.4, 0.5) is 23.7 Å². The summed E-state index contributed by atoms with van der Waals surface area (Å²) < 4.78 is 45.7. The smallest absolute Gasteiger partial charge is 0.440 e. The molecule has 7 nitrogen and oxygen atoms in total. The molecule has 0 radical (unpaired) electrons. The van der Waals surface area contributed by atoms with E-state index in [0.29, 0.717) is 4.90 Å². The molecule has 1 aliphatic rings. The summed E-state index contributed by atoms with van der Waals surface area (Å²) in [7, 11) is 1.33. The Bertz CT molecular complexity index is 708. The lowest BCUT2D eigenvalue weighted by Gasteiger charge is -2.29. The van der Waals surface area contributed by atoms with E-state index >= 15 is 0 Å². The number of imide groups is 1. The molecule has 0 bridgehead atoms. The zero-order chi connectivity index (χ0) is 18.8. The fourth-order valence-electron chi connectivity index (χ4n) is 2.36. The van der Waals surface area contributed by atoms with Crippen molar-refractivity contribution in [2.75, 3.05) is 12.0 Å². The van der Waals surface area contributed by atoms with Crippen molar-refractivity contribution in [1.82, 2.24) is 10.6 Å². The average Bonchev–Trinajstić information content (AvgIpc) is 2.78. The summed E-state index contributed by atoms with van der Waals surface area (Å²) in [6.07, 6.45) is -5.17. The molecule has 1 aliphatic heterocycles. The fraction of sp³-hybridized carbons (Fsp3) is 0.400. The first-order valence-corrected chi connectivity index (χ1v) is 7.34. The normalized spacial score (nSPS) is 20.4. The molecule has 1 fully saturated rings. The molecule has 4 amide bonds. The summed E-state index contributed by atoms with van der Waals surface area (Å²) in [6, 6.07) is 4.13. The Morgan fingerprint density at radius 1 is 1.36 bits per heavy atom. The summed E-state index contributed by atoms with van der Waals surface area (Å²) in [5, 5.41) is 3.20. The first-order valence-electron chi connectivity index (χ1n) is 7.34. The summed E-state index contributed by atoms with van der Waals surface area (Å²) in [4.78, 5) is 36.6. The summed E-state index contributed by atoms with van der Waals surface area (Å²) >= 11 is 0. The molecule has 0 aromatic heterocycles. The minimum absolute atomic E-state index is 0.113. The Balaban J connectivity index is 2.45. The van der Waals surface area contributed by atoms with Crippen molar-refractivity contribution >= 4 is 23.5 Å². The maximum absolute atomic E-state index is 13.6. The van der Waals surface area contributed by atoms with Crippen LogP contribution in [0.2, 0.25) is 0 Å². The maximum atomic E-state index is 13.6. The van der Waals surface area contributed by atoms with Gasteiger partial charge in [0, 0.05) is 12.5 Å². The number of halogens is 3. The van der Waals surface area contributed by atoms with Gasteiger partial charge in [0.05, 0.1) is 12.8 Å². The van der Waals surface area contributed by atoms with Crippen molar-refractivity contribution in [1.29, 1.82) is 0 Å². The number of hydrogen-bond acceptors (Lipinski definition) is 4. The Hall–Kier alpha value is -2.78. The largest absolute Gasteiger partial charge is 0.497 e. The summed E-state index contributed by atoms with van der Waals surface area (Å²) in [6.45, 7) is 1.59. The van der Waals surface area contributed by atoms with E-state index in [1.807, 2.05) is 0 Å². The van der Waals surface area contributed by atoms with E-state index < -0.39 is 29.7 Å². The van der Waals surface area contributed by atoms with Gasteiger partial charge >= 0.3 is 12.2 Å². The van der Waals surface area contributed by atoms with Crippen LogP contribution >= 0.6 is 0 Å². The number of amides is 4. The number of urea groups is 1. The number of rotatable bonds is 5. The van der Waals surface area contributed by atoms with Gasteiger partial charge in [0.25, 0.3) is 11.6 Å². The van der Waals surface area contributed by atoms with Crippen LogP contribution in [-0.4, -0.2) is 36.8 Å². The standard InChI is InChI=1S/C15H16F3N3O4/c1-3-5-11(22)19-14(15(16,17)18)12(23)21(13(24)20-14)9-6-4-7-10(8-9)25-2/h4,6-8H,3,5H2,1-2H3,(H,19,22)(H,20,24)/t14-/m1/s1. The Kier molecular flexibility index (Phi) is 4.91. The Morgan fingerprint density at radius 2 is 2.04 bits per heavy atom. The molecule has 2 N–H and O–H groups in total. The number of methoxy groups -OCH3 is 1. The molecule has 0 spiro atoms. The van der Waals surface area contributed by atoms with Gasteiger partial charge in [-0.25, -0.2) is 9.69 Å². The first-order chi connectivity index (χ1) is 11.7.